The highest BCUT2D eigenvalue weighted by molar-refractivity contribution is 6.32. The first-order valence-corrected chi connectivity index (χ1v) is 7.35. The van der Waals surface area contributed by atoms with E-state index in [9.17, 15) is 4.79 Å². The van der Waals surface area contributed by atoms with Crippen LogP contribution in [0.2, 0.25) is 5.02 Å². The van der Waals surface area contributed by atoms with Crippen molar-refractivity contribution in [2.24, 2.45) is 0 Å². The normalized spacial score (nSPS) is 10.5. The molecular weight excluding hydrogens is 314 g/mol. The van der Waals surface area contributed by atoms with Crippen LogP contribution in [0, 0.1) is 0 Å². The number of nitrogens with one attached hydrogen (secondary N) is 2. The highest BCUT2D eigenvalue weighted by atomic mass is 35.5. The standard InChI is InChI=1S/C16H14ClN5O/c17-13-8-4-5-9-14(13)22-11-18-15(20-16(22)23)21-19-10-12-6-2-1-3-7-12/h1-9,11,19H,10H2,(H,20,21,23). The van der Waals surface area contributed by atoms with Gasteiger partial charge in [0.25, 0.3) is 0 Å². The summed E-state index contributed by atoms with van der Waals surface area (Å²) in [6, 6.07) is 16.9. The Morgan fingerprint density at radius 1 is 1.04 bits per heavy atom. The van der Waals surface area contributed by atoms with Crippen LogP contribution in [0.5, 0.6) is 0 Å². The Morgan fingerprint density at radius 2 is 1.78 bits per heavy atom. The highest BCUT2D eigenvalue weighted by Gasteiger charge is 2.06. The maximum atomic E-state index is 12.1. The SMILES string of the molecule is O=c1nc(NNCc2ccccc2)ncn1-c1ccccc1Cl. The summed E-state index contributed by atoms with van der Waals surface area (Å²) in [4.78, 5) is 20.1. The topological polar surface area (TPSA) is 71.8 Å². The van der Waals surface area contributed by atoms with Gasteiger partial charge in [-0.05, 0) is 17.7 Å². The molecule has 0 fully saturated rings. The molecule has 3 rings (SSSR count). The number of hydrogen-bond acceptors (Lipinski definition) is 5. The molecule has 0 radical (unpaired) electrons. The van der Waals surface area contributed by atoms with Crippen molar-refractivity contribution >= 4 is 17.5 Å². The van der Waals surface area contributed by atoms with Crippen LogP contribution in [0.15, 0.2) is 65.7 Å². The van der Waals surface area contributed by atoms with Gasteiger partial charge in [-0.3, -0.25) is 5.43 Å². The molecule has 23 heavy (non-hydrogen) atoms. The summed E-state index contributed by atoms with van der Waals surface area (Å²) in [6.07, 6.45) is 1.39. The quantitative estimate of drug-likeness (QED) is 0.704. The van der Waals surface area contributed by atoms with Crippen LogP contribution in [-0.4, -0.2) is 14.5 Å². The molecule has 0 bridgehead atoms. The number of para-hydroxylation sites is 1. The molecule has 0 atom stereocenters. The lowest BCUT2D eigenvalue weighted by Crippen LogP contribution is -2.28. The molecule has 0 saturated carbocycles. The molecule has 0 amide bonds. The fourth-order valence-corrected chi connectivity index (χ4v) is 2.26. The second-order valence-electron chi connectivity index (χ2n) is 4.75. The molecule has 6 nitrogen and oxygen atoms in total. The fraction of sp³-hybridized carbons (Fsp3) is 0.0625. The van der Waals surface area contributed by atoms with E-state index >= 15 is 0 Å². The average Bonchev–Trinajstić information content (AvgIpc) is 2.57. The molecule has 0 aliphatic rings. The number of hydrogen-bond donors (Lipinski definition) is 2. The van der Waals surface area contributed by atoms with Gasteiger partial charge in [-0.25, -0.2) is 19.8 Å². The second-order valence-corrected chi connectivity index (χ2v) is 5.16. The molecule has 2 aromatic carbocycles. The lowest BCUT2D eigenvalue weighted by atomic mass is 10.2. The van der Waals surface area contributed by atoms with Gasteiger partial charge in [0.05, 0.1) is 10.7 Å². The molecule has 1 heterocycles. The van der Waals surface area contributed by atoms with Crippen molar-refractivity contribution in [3.8, 4) is 5.69 Å². The minimum atomic E-state index is -0.461. The van der Waals surface area contributed by atoms with Crippen LogP contribution in [0.3, 0.4) is 0 Å². The molecular formula is C16H14ClN5O. The van der Waals surface area contributed by atoms with Crippen LogP contribution >= 0.6 is 11.6 Å². The first-order chi connectivity index (χ1) is 11.2. The van der Waals surface area contributed by atoms with Gasteiger partial charge in [0.2, 0.25) is 5.95 Å². The van der Waals surface area contributed by atoms with Gasteiger partial charge in [0, 0.05) is 6.54 Å². The Balaban J connectivity index is 1.70. The summed E-state index contributed by atoms with van der Waals surface area (Å²) in [6.45, 7) is 0.581. The molecule has 0 aliphatic carbocycles. The van der Waals surface area contributed by atoms with E-state index in [0.717, 1.165) is 5.56 Å². The van der Waals surface area contributed by atoms with E-state index in [1.807, 2.05) is 30.3 Å². The molecule has 7 heteroatoms. The molecule has 0 spiro atoms. The third kappa shape index (κ3) is 3.74. The van der Waals surface area contributed by atoms with Gasteiger partial charge in [0.15, 0.2) is 0 Å². The van der Waals surface area contributed by atoms with Crippen molar-refractivity contribution in [3.63, 3.8) is 0 Å². The van der Waals surface area contributed by atoms with Gasteiger partial charge in [0.1, 0.15) is 6.33 Å². The zero-order valence-corrected chi connectivity index (χ0v) is 12.9. The van der Waals surface area contributed by atoms with E-state index in [1.165, 1.54) is 10.9 Å². The Morgan fingerprint density at radius 3 is 2.52 bits per heavy atom. The third-order valence-corrected chi connectivity index (χ3v) is 3.47. The molecule has 1 aromatic heterocycles. The number of rotatable bonds is 5. The van der Waals surface area contributed by atoms with E-state index < -0.39 is 5.69 Å². The molecule has 116 valence electrons. The van der Waals surface area contributed by atoms with Gasteiger partial charge >= 0.3 is 5.69 Å². The van der Waals surface area contributed by atoms with E-state index in [-0.39, 0.29) is 5.95 Å². The van der Waals surface area contributed by atoms with Crippen molar-refractivity contribution < 1.29 is 0 Å². The van der Waals surface area contributed by atoms with E-state index in [1.54, 1.807) is 24.3 Å². The Bertz CT molecular complexity index is 850. The van der Waals surface area contributed by atoms with Crippen molar-refractivity contribution in [2.75, 3.05) is 5.43 Å². The first kappa shape index (κ1) is 15.2. The summed E-state index contributed by atoms with van der Waals surface area (Å²) < 4.78 is 1.30. The molecule has 3 aromatic rings. The molecule has 2 N–H and O–H groups in total. The number of nitrogens with zero attached hydrogens (tertiary/aromatic N) is 3. The lowest BCUT2D eigenvalue weighted by molar-refractivity contribution is 0.767. The molecule has 0 saturated heterocycles. The summed E-state index contributed by atoms with van der Waals surface area (Å²) in [7, 11) is 0. The van der Waals surface area contributed by atoms with Crippen molar-refractivity contribution in [3.05, 3.63) is 82.0 Å². The summed E-state index contributed by atoms with van der Waals surface area (Å²) in [5.74, 6) is 0.203. The van der Waals surface area contributed by atoms with Crippen LogP contribution in [0.25, 0.3) is 5.69 Å². The molecule has 0 aliphatic heterocycles. The van der Waals surface area contributed by atoms with E-state index in [2.05, 4.69) is 20.8 Å². The van der Waals surface area contributed by atoms with Crippen molar-refractivity contribution in [1.29, 1.82) is 0 Å². The van der Waals surface area contributed by atoms with Crippen LogP contribution in [0.4, 0.5) is 5.95 Å². The Labute approximate surface area is 137 Å². The van der Waals surface area contributed by atoms with Crippen molar-refractivity contribution in [1.82, 2.24) is 20.0 Å². The van der Waals surface area contributed by atoms with E-state index in [4.69, 9.17) is 11.6 Å². The number of anilines is 1. The largest absolute Gasteiger partial charge is 0.356 e. The van der Waals surface area contributed by atoms with Gasteiger partial charge < -0.3 is 0 Å². The Kier molecular flexibility index (Phi) is 4.65. The maximum absolute atomic E-state index is 12.1. The van der Waals surface area contributed by atoms with Gasteiger partial charge in [-0.15, -0.1) is 0 Å². The number of halogens is 1. The first-order valence-electron chi connectivity index (χ1n) is 6.97. The second kappa shape index (κ2) is 7.04. The Hall–Kier alpha value is -2.70. The lowest BCUT2D eigenvalue weighted by Gasteiger charge is -2.09. The smallest absolute Gasteiger partial charge is 0.289 e. The third-order valence-electron chi connectivity index (χ3n) is 3.15. The maximum Gasteiger partial charge on any atom is 0.356 e. The predicted molar refractivity (Wildman–Crippen MR) is 89.5 cm³/mol. The van der Waals surface area contributed by atoms with Crippen LogP contribution in [-0.2, 0) is 6.54 Å². The predicted octanol–water partition coefficient (Wildman–Crippen LogP) is 2.40. The van der Waals surface area contributed by atoms with Gasteiger partial charge in [-0.2, -0.15) is 4.98 Å². The zero-order valence-electron chi connectivity index (χ0n) is 12.1. The van der Waals surface area contributed by atoms with Crippen LogP contribution < -0.4 is 16.5 Å². The summed E-state index contributed by atoms with van der Waals surface area (Å²) in [5, 5.41) is 0.459. The molecule has 0 unspecified atom stereocenters. The van der Waals surface area contributed by atoms with Crippen LogP contribution in [0.1, 0.15) is 5.56 Å². The average molecular weight is 328 g/mol. The minimum absolute atomic E-state index is 0.203. The number of benzene rings is 2. The number of hydrazine groups is 1. The minimum Gasteiger partial charge on any atom is -0.289 e. The monoisotopic (exact) mass is 327 g/mol. The highest BCUT2D eigenvalue weighted by Crippen LogP contribution is 2.17. The number of aromatic nitrogens is 3. The van der Waals surface area contributed by atoms with Gasteiger partial charge in [-0.1, -0.05) is 54.1 Å². The zero-order chi connectivity index (χ0) is 16.1. The summed E-state index contributed by atoms with van der Waals surface area (Å²) in [5.41, 5.74) is 6.96. The fourth-order valence-electron chi connectivity index (χ4n) is 2.03. The van der Waals surface area contributed by atoms with E-state index in [0.29, 0.717) is 17.3 Å². The van der Waals surface area contributed by atoms with Crippen molar-refractivity contribution in [2.45, 2.75) is 6.54 Å². The summed E-state index contributed by atoms with van der Waals surface area (Å²) >= 11 is 6.08.